The van der Waals surface area contributed by atoms with Crippen LogP contribution < -0.4 is 10.9 Å². The van der Waals surface area contributed by atoms with E-state index >= 15 is 0 Å². The number of carbonyl (C=O) groups is 1. The van der Waals surface area contributed by atoms with Gasteiger partial charge in [0, 0.05) is 11.9 Å². The molecule has 0 radical (unpaired) electrons. The number of pyridine rings is 2. The van der Waals surface area contributed by atoms with Crippen molar-refractivity contribution in [2.45, 2.75) is 32.9 Å². The third-order valence-corrected chi connectivity index (χ3v) is 3.42. The Balaban J connectivity index is 2.32. The van der Waals surface area contributed by atoms with E-state index in [-0.39, 0.29) is 11.5 Å². The maximum Gasteiger partial charge on any atom is 0.417 e. The predicted octanol–water partition coefficient (Wildman–Crippen LogP) is 3.47. The number of nitrogens with zero attached hydrogens (tertiary/aromatic N) is 1. The lowest BCUT2D eigenvalue weighted by Crippen LogP contribution is -2.22. The van der Waals surface area contributed by atoms with Crippen molar-refractivity contribution in [3.05, 3.63) is 57.3 Å². The van der Waals surface area contributed by atoms with Crippen molar-refractivity contribution in [1.82, 2.24) is 9.97 Å². The zero-order chi connectivity index (χ0) is 18.1. The molecule has 8 heteroatoms. The maximum atomic E-state index is 12.7. The van der Waals surface area contributed by atoms with Crippen LogP contribution in [0, 0.1) is 6.92 Å². The highest BCUT2D eigenvalue weighted by Gasteiger charge is 2.31. The van der Waals surface area contributed by atoms with Crippen LogP contribution in [0.3, 0.4) is 0 Å². The Morgan fingerprint density at radius 2 is 1.96 bits per heavy atom. The molecule has 0 atom stereocenters. The lowest BCUT2D eigenvalue weighted by atomic mass is 10.1. The minimum absolute atomic E-state index is 0.173. The molecule has 2 aromatic rings. The molecule has 0 bridgehead atoms. The van der Waals surface area contributed by atoms with Crippen LogP contribution >= 0.6 is 0 Å². The summed E-state index contributed by atoms with van der Waals surface area (Å²) in [6.07, 6.45) is -4.07. The third kappa shape index (κ3) is 3.81. The second-order valence-electron chi connectivity index (χ2n) is 5.61. The van der Waals surface area contributed by atoms with Gasteiger partial charge in [-0.25, -0.2) is 0 Å². The molecule has 2 heterocycles. The number of alkyl halides is 3. The van der Waals surface area contributed by atoms with Crippen LogP contribution in [0.5, 0.6) is 0 Å². The third-order valence-electron chi connectivity index (χ3n) is 3.42. The minimum atomic E-state index is -4.62. The van der Waals surface area contributed by atoms with E-state index in [1.165, 1.54) is 6.07 Å². The van der Waals surface area contributed by atoms with Crippen LogP contribution in [0.25, 0.3) is 0 Å². The van der Waals surface area contributed by atoms with Crippen molar-refractivity contribution in [2.75, 3.05) is 5.32 Å². The molecular weight excluding hydrogens is 323 g/mol. The Labute approximate surface area is 135 Å². The summed E-state index contributed by atoms with van der Waals surface area (Å²) in [6.45, 7) is 5.52. The Morgan fingerprint density at radius 1 is 1.29 bits per heavy atom. The standard InChI is InChI=1S/C16H16F3N3O2/c1-8(2)12-5-4-11(9(3)21-12)14(23)22-13-6-10(16(17,18)19)7-20-15(13)24/h4-8H,1-3H3,(H,20,24)(H,22,23). The summed E-state index contributed by atoms with van der Waals surface area (Å²) in [4.78, 5) is 30.1. The molecule has 0 aliphatic heterocycles. The van der Waals surface area contributed by atoms with Gasteiger partial charge in [0.2, 0.25) is 0 Å². The summed E-state index contributed by atoms with van der Waals surface area (Å²) in [6, 6.07) is 3.81. The van der Waals surface area contributed by atoms with Gasteiger partial charge in [-0.15, -0.1) is 0 Å². The molecule has 0 fully saturated rings. The number of halogens is 3. The van der Waals surface area contributed by atoms with Crippen LogP contribution in [-0.4, -0.2) is 15.9 Å². The fraction of sp³-hybridized carbons (Fsp3) is 0.312. The van der Waals surface area contributed by atoms with Crippen molar-refractivity contribution >= 4 is 11.6 Å². The molecule has 2 rings (SSSR count). The van der Waals surface area contributed by atoms with Crippen molar-refractivity contribution < 1.29 is 18.0 Å². The number of anilines is 1. The van der Waals surface area contributed by atoms with E-state index in [0.717, 1.165) is 5.69 Å². The number of aromatic nitrogens is 2. The average Bonchev–Trinajstić information content (AvgIpc) is 2.47. The summed E-state index contributed by atoms with van der Waals surface area (Å²) in [5, 5.41) is 2.21. The zero-order valence-electron chi connectivity index (χ0n) is 13.3. The van der Waals surface area contributed by atoms with Gasteiger partial charge >= 0.3 is 6.18 Å². The molecular formula is C16H16F3N3O2. The number of aryl methyl sites for hydroxylation is 1. The van der Waals surface area contributed by atoms with Crippen molar-refractivity contribution in [3.63, 3.8) is 0 Å². The molecule has 0 unspecified atom stereocenters. The second-order valence-corrected chi connectivity index (χ2v) is 5.61. The van der Waals surface area contributed by atoms with Crippen LogP contribution in [0.2, 0.25) is 0 Å². The summed E-state index contributed by atoms with van der Waals surface area (Å²) in [7, 11) is 0. The van der Waals surface area contributed by atoms with Gasteiger partial charge in [-0.05, 0) is 31.0 Å². The summed E-state index contributed by atoms with van der Waals surface area (Å²) >= 11 is 0. The Morgan fingerprint density at radius 3 is 2.50 bits per heavy atom. The van der Waals surface area contributed by atoms with Crippen LogP contribution in [0.4, 0.5) is 18.9 Å². The first-order valence-electron chi connectivity index (χ1n) is 7.18. The SMILES string of the molecule is Cc1nc(C(C)C)ccc1C(=O)Nc1cc(C(F)(F)F)c[nH]c1=O. The van der Waals surface area contributed by atoms with Crippen LogP contribution in [0.15, 0.2) is 29.2 Å². The summed E-state index contributed by atoms with van der Waals surface area (Å²) in [5.41, 5.74) is -0.926. The van der Waals surface area contributed by atoms with E-state index in [0.29, 0.717) is 18.0 Å². The molecule has 24 heavy (non-hydrogen) atoms. The molecule has 2 N–H and O–H groups in total. The molecule has 1 amide bonds. The molecule has 0 spiro atoms. The van der Waals surface area contributed by atoms with Crippen LogP contribution in [0.1, 0.15) is 47.1 Å². The predicted molar refractivity (Wildman–Crippen MR) is 83.1 cm³/mol. The van der Waals surface area contributed by atoms with E-state index in [9.17, 15) is 22.8 Å². The molecule has 0 saturated carbocycles. The molecule has 5 nitrogen and oxygen atoms in total. The first kappa shape index (κ1) is 17.7. The van der Waals surface area contributed by atoms with Crippen molar-refractivity contribution in [1.29, 1.82) is 0 Å². The normalized spacial score (nSPS) is 11.6. The second kappa shape index (κ2) is 6.46. The van der Waals surface area contributed by atoms with Gasteiger partial charge in [-0.2, -0.15) is 13.2 Å². The highest BCUT2D eigenvalue weighted by atomic mass is 19.4. The van der Waals surface area contributed by atoms with Gasteiger partial charge in [-0.1, -0.05) is 13.8 Å². The van der Waals surface area contributed by atoms with Gasteiger partial charge < -0.3 is 10.3 Å². The smallest absolute Gasteiger partial charge is 0.327 e. The first-order chi connectivity index (χ1) is 11.1. The lowest BCUT2D eigenvalue weighted by Gasteiger charge is -2.11. The van der Waals surface area contributed by atoms with Crippen molar-refractivity contribution in [3.8, 4) is 0 Å². The van der Waals surface area contributed by atoms with E-state index in [1.54, 1.807) is 13.0 Å². The van der Waals surface area contributed by atoms with Gasteiger partial charge in [0.05, 0.1) is 16.8 Å². The highest BCUT2D eigenvalue weighted by Crippen LogP contribution is 2.29. The number of rotatable bonds is 3. The monoisotopic (exact) mass is 339 g/mol. The largest absolute Gasteiger partial charge is 0.417 e. The van der Waals surface area contributed by atoms with E-state index < -0.39 is 28.9 Å². The molecule has 0 aliphatic carbocycles. The Bertz CT molecular complexity index is 826. The maximum absolute atomic E-state index is 12.7. The zero-order valence-corrected chi connectivity index (χ0v) is 13.3. The number of hydrogen-bond donors (Lipinski definition) is 2. The molecule has 0 aromatic carbocycles. The van der Waals surface area contributed by atoms with Crippen LogP contribution in [-0.2, 0) is 6.18 Å². The molecule has 128 valence electrons. The van der Waals surface area contributed by atoms with Gasteiger partial charge in [0.1, 0.15) is 5.69 Å². The number of amides is 1. The molecule has 0 aliphatic rings. The Hall–Kier alpha value is -2.64. The number of carbonyl (C=O) groups excluding carboxylic acids is 1. The number of hydrogen-bond acceptors (Lipinski definition) is 3. The van der Waals surface area contributed by atoms with Gasteiger partial charge in [-0.3, -0.25) is 14.6 Å². The molecule has 0 saturated heterocycles. The minimum Gasteiger partial charge on any atom is -0.327 e. The van der Waals surface area contributed by atoms with Gasteiger partial charge in [0.25, 0.3) is 11.5 Å². The fourth-order valence-electron chi connectivity index (χ4n) is 2.07. The number of nitrogens with one attached hydrogen (secondary N) is 2. The summed E-state index contributed by atoms with van der Waals surface area (Å²) in [5.74, 6) is -0.521. The Kier molecular flexibility index (Phi) is 4.77. The highest BCUT2D eigenvalue weighted by molar-refractivity contribution is 6.04. The van der Waals surface area contributed by atoms with E-state index in [4.69, 9.17) is 0 Å². The van der Waals surface area contributed by atoms with Gasteiger partial charge in [0.15, 0.2) is 0 Å². The quantitative estimate of drug-likeness (QED) is 0.899. The number of aromatic amines is 1. The van der Waals surface area contributed by atoms with Crippen molar-refractivity contribution in [2.24, 2.45) is 0 Å². The lowest BCUT2D eigenvalue weighted by molar-refractivity contribution is -0.137. The van der Waals surface area contributed by atoms with E-state index in [2.05, 4.69) is 10.3 Å². The first-order valence-corrected chi connectivity index (χ1v) is 7.18. The fourth-order valence-corrected chi connectivity index (χ4v) is 2.07. The number of H-pyrrole nitrogens is 1. The molecule has 2 aromatic heterocycles. The average molecular weight is 339 g/mol. The topological polar surface area (TPSA) is 74.8 Å². The van der Waals surface area contributed by atoms with E-state index in [1.807, 2.05) is 18.8 Å². The summed E-state index contributed by atoms with van der Waals surface area (Å²) < 4.78 is 38.1.